The number of ether oxygens (including phenoxy) is 1. The first-order valence-corrected chi connectivity index (χ1v) is 6.12. The Bertz CT molecular complexity index is 668. The van der Waals surface area contributed by atoms with Gasteiger partial charge in [-0.2, -0.15) is 4.98 Å². The molecule has 2 heterocycles. The second-order valence-corrected chi connectivity index (χ2v) is 3.87. The van der Waals surface area contributed by atoms with Gasteiger partial charge in [0.25, 0.3) is 5.56 Å². The molecule has 6 N–H and O–H groups in total. The van der Waals surface area contributed by atoms with Crippen molar-refractivity contribution in [1.82, 2.24) is 19.9 Å². The average Bonchev–Trinajstić information content (AvgIpc) is 2.86. The lowest BCUT2D eigenvalue weighted by atomic mass is 10.3. The number of H-pyrrole nitrogens is 2. The fourth-order valence-electron chi connectivity index (χ4n) is 1.37. The van der Waals surface area contributed by atoms with Crippen LogP contribution in [0.3, 0.4) is 0 Å². The number of carbonyl (C=O) groups is 1. The van der Waals surface area contributed by atoms with Gasteiger partial charge in [0.15, 0.2) is 11.2 Å². The van der Waals surface area contributed by atoms with Crippen molar-refractivity contribution in [3.63, 3.8) is 0 Å². The first kappa shape index (κ1) is 19.8. The van der Waals surface area contributed by atoms with Crippen molar-refractivity contribution < 1.29 is 19.7 Å². The number of carbonyl (C=O) groups excluding carboxylic acids is 1. The summed E-state index contributed by atoms with van der Waals surface area (Å²) in [5, 5.41) is 17.5. The van der Waals surface area contributed by atoms with E-state index in [4.69, 9.17) is 15.9 Å². The van der Waals surface area contributed by atoms with Crippen LogP contribution >= 0.6 is 0 Å². The van der Waals surface area contributed by atoms with Gasteiger partial charge in [0.1, 0.15) is 0 Å². The molecule has 0 saturated heterocycles. The summed E-state index contributed by atoms with van der Waals surface area (Å²) in [6, 6.07) is 0. The Morgan fingerprint density at radius 3 is 2.64 bits per heavy atom. The molecule has 0 amide bonds. The fourth-order valence-corrected chi connectivity index (χ4v) is 1.37. The van der Waals surface area contributed by atoms with Crippen molar-refractivity contribution in [2.45, 2.75) is 26.2 Å². The van der Waals surface area contributed by atoms with E-state index < -0.39 is 11.8 Å². The Morgan fingerprint density at radius 1 is 1.45 bits per heavy atom. The number of hydrogen-bond donors (Lipinski definition) is 5. The van der Waals surface area contributed by atoms with Gasteiger partial charge in [0.2, 0.25) is 11.7 Å². The number of imidazole rings is 1. The molecule has 10 nitrogen and oxygen atoms in total. The van der Waals surface area contributed by atoms with Crippen LogP contribution in [0.5, 0.6) is 0 Å². The van der Waals surface area contributed by atoms with E-state index in [0.717, 1.165) is 0 Å². The number of fused-ring (bicyclic) bond motifs is 1. The molecule has 0 aliphatic rings. The van der Waals surface area contributed by atoms with Gasteiger partial charge < -0.3 is 25.7 Å². The van der Waals surface area contributed by atoms with Gasteiger partial charge in [0, 0.05) is 14.8 Å². The van der Waals surface area contributed by atoms with E-state index in [0.29, 0.717) is 11.2 Å². The van der Waals surface area contributed by atoms with Crippen LogP contribution in [0.15, 0.2) is 11.1 Å². The van der Waals surface area contributed by atoms with Gasteiger partial charge in [-0.25, -0.2) is 4.98 Å². The molecule has 0 aliphatic carbocycles. The molecule has 0 aromatic carbocycles. The second-order valence-electron chi connectivity index (χ2n) is 3.87. The van der Waals surface area contributed by atoms with Gasteiger partial charge in [0.05, 0.1) is 12.9 Å². The normalized spacial score (nSPS) is 10.5. The first-order valence-electron chi connectivity index (χ1n) is 6.12. The van der Waals surface area contributed by atoms with Crippen LogP contribution in [-0.4, -0.2) is 56.9 Å². The quantitative estimate of drug-likeness (QED) is 0.335. The molecule has 3 radical (unpaired) electrons. The van der Waals surface area contributed by atoms with Crippen molar-refractivity contribution in [3.05, 3.63) is 16.7 Å². The van der Waals surface area contributed by atoms with Gasteiger partial charge in [-0.1, -0.05) is 6.92 Å². The summed E-state index contributed by atoms with van der Waals surface area (Å²) in [5.41, 5.74) is 5.65. The Balaban J connectivity index is 0.000000387. The number of nitrogens with two attached hydrogens (primary N) is 1. The zero-order chi connectivity index (χ0) is 16.0. The number of aromatic nitrogens is 4. The fraction of sp³-hybridized carbons (Fsp3) is 0.455. The third-order valence-corrected chi connectivity index (χ3v) is 2.34. The van der Waals surface area contributed by atoms with E-state index in [1.54, 1.807) is 6.92 Å². The zero-order valence-corrected chi connectivity index (χ0v) is 12.2. The molecule has 0 aliphatic heterocycles. The third kappa shape index (κ3) is 4.95. The highest BCUT2D eigenvalue weighted by molar-refractivity contribution is 5.83. The van der Waals surface area contributed by atoms with Gasteiger partial charge >= 0.3 is 5.97 Å². The first-order chi connectivity index (χ1) is 9.81. The maximum atomic E-state index is 11.0. The van der Waals surface area contributed by atoms with Crippen LogP contribution in [0.4, 0.5) is 5.95 Å². The topological polar surface area (TPSA) is 167 Å². The molecule has 2 aromatic rings. The summed E-state index contributed by atoms with van der Waals surface area (Å²) >= 11 is 0. The Hall–Kier alpha value is -2.24. The van der Waals surface area contributed by atoms with Crippen LogP contribution in [-0.2, 0) is 9.53 Å². The Morgan fingerprint density at radius 2 is 2.09 bits per heavy atom. The molecule has 0 fully saturated rings. The Labute approximate surface area is 127 Å². The number of nitrogens with one attached hydrogen (secondary N) is 2. The second kappa shape index (κ2) is 8.27. The minimum Gasteiger partial charge on any atom is -0.369 e. The standard InChI is InChI=1S/C6H12O4.C5H5N5O.B/c1-3-5(7)6(8,9)10-4-2;6-5-9-3-2(4(11)10-5)7-1-8-3;/h8-9H,3-4H2,1-2H3;1H,(H4,6,7,8,9,10,11);. The van der Waals surface area contributed by atoms with E-state index >= 15 is 0 Å². The monoisotopic (exact) mass is 310 g/mol. The van der Waals surface area contributed by atoms with Gasteiger partial charge in [-0.05, 0) is 6.92 Å². The zero-order valence-electron chi connectivity index (χ0n) is 12.2. The largest absolute Gasteiger partial charge is 0.369 e. The molecule has 0 bridgehead atoms. The Kier molecular flexibility index (Phi) is 7.43. The van der Waals surface area contributed by atoms with Crippen LogP contribution in [0.2, 0.25) is 0 Å². The minimum atomic E-state index is -2.58. The maximum absolute atomic E-state index is 11.0. The number of nitrogen functional groups attached to an aromatic ring is 1. The molecule has 0 unspecified atom stereocenters. The SMILES string of the molecule is CCOC(O)(O)C(=O)CC.Nc1nc2nc[nH]c2c(=O)[nH]1.[B]. The van der Waals surface area contributed by atoms with Crippen molar-refractivity contribution in [1.29, 1.82) is 0 Å². The summed E-state index contributed by atoms with van der Waals surface area (Å²) in [4.78, 5) is 34.1. The molecular weight excluding hydrogens is 293 g/mol. The summed E-state index contributed by atoms with van der Waals surface area (Å²) in [6.45, 7) is 3.20. The molecule has 0 saturated carbocycles. The molecular formula is C11H17BN5O5. The van der Waals surface area contributed by atoms with E-state index in [2.05, 4.69) is 24.7 Å². The number of aliphatic hydroxyl groups is 2. The number of ketones is 1. The average molecular weight is 310 g/mol. The minimum absolute atomic E-state index is 0. The molecule has 2 rings (SSSR count). The van der Waals surface area contributed by atoms with E-state index in [1.165, 1.54) is 13.3 Å². The number of aromatic amines is 2. The predicted octanol–water partition coefficient (Wildman–Crippen LogP) is -1.51. The summed E-state index contributed by atoms with van der Waals surface area (Å²) in [6.07, 6.45) is 1.44. The van der Waals surface area contributed by atoms with Crippen LogP contribution < -0.4 is 11.3 Å². The molecule has 22 heavy (non-hydrogen) atoms. The number of anilines is 1. The summed E-state index contributed by atoms with van der Waals surface area (Å²) in [7, 11) is 0. The number of nitrogens with zero attached hydrogens (tertiary/aromatic N) is 2. The molecule has 2 aromatic heterocycles. The van der Waals surface area contributed by atoms with E-state index in [9.17, 15) is 9.59 Å². The number of Topliss-reactive ketones (excluding diaryl/α,β-unsaturated/α-hetero) is 1. The highest BCUT2D eigenvalue weighted by Gasteiger charge is 2.31. The molecule has 11 heteroatoms. The number of hydrogen-bond acceptors (Lipinski definition) is 8. The predicted molar refractivity (Wildman–Crippen MR) is 78.8 cm³/mol. The lowest BCUT2D eigenvalue weighted by molar-refractivity contribution is -0.309. The third-order valence-electron chi connectivity index (χ3n) is 2.34. The maximum Gasteiger partial charge on any atom is 0.341 e. The summed E-state index contributed by atoms with van der Waals surface area (Å²) < 4.78 is 4.34. The van der Waals surface area contributed by atoms with Crippen LogP contribution in [0, 0.1) is 0 Å². The van der Waals surface area contributed by atoms with E-state index in [1.807, 2.05) is 0 Å². The molecule has 0 atom stereocenters. The highest BCUT2D eigenvalue weighted by atomic mass is 16.8. The van der Waals surface area contributed by atoms with Crippen LogP contribution in [0.1, 0.15) is 20.3 Å². The lowest BCUT2D eigenvalue weighted by Gasteiger charge is -2.17. The molecule has 0 spiro atoms. The van der Waals surface area contributed by atoms with Crippen LogP contribution in [0.25, 0.3) is 11.2 Å². The summed E-state index contributed by atoms with van der Waals surface area (Å²) in [5.74, 6) is -3.23. The van der Waals surface area contributed by atoms with Crippen molar-refractivity contribution >= 4 is 31.3 Å². The highest BCUT2D eigenvalue weighted by Crippen LogP contribution is 2.05. The van der Waals surface area contributed by atoms with Gasteiger partial charge in [-0.3, -0.25) is 14.6 Å². The number of rotatable bonds is 4. The van der Waals surface area contributed by atoms with Crippen molar-refractivity contribution in [3.8, 4) is 0 Å². The van der Waals surface area contributed by atoms with Crippen molar-refractivity contribution in [2.75, 3.05) is 12.3 Å². The van der Waals surface area contributed by atoms with E-state index in [-0.39, 0.29) is 32.9 Å². The lowest BCUT2D eigenvalue weighted by Crippen LogP contribution is -2.40. The smallest absolute Gasteiger partial charge is 0.341 e. The van der Waals surface area contributed by atoms with Crippen molar-refractivity contribution in [2.24, 2.45) is 0 Å². The van der Waals surface area contributed by atoms with Gasteiger partial charge in [-0.15, -0.1) is 0 Å². The molecule has 119 valence electrons.